The first-order valence-electron chi connectivity index (χ1n) is 10.4. The molecule has 4 rings (SSSR count). The lowest BCUT2D eigenvalue weighted by Gasteiger charge is -2.31. The van der Waals surface area contributed by atoms with E-state index in [4.69, 9.17) is 4.74 Å². The second kappa shape index (κ2) is 7.48. The minimum Gasteiger partial charge on any atom is -0.474 e. The standard InChI is InChI=1S/C24H26N2O5S/c1-5-16-14-24(16,23(2,3)4)22(28)26-32(29,30)18-13-9-12-17-19(18)25-21(27)20(31-17)15-10-7-6-8-11-15/h5-13,16,20H,1,14H2,2-4H3,(H,25,27)(H,26,28)/t16-,20?,24-/m1/s1. The van der Waals surface area contributed by atoms with Gasteiger partial charge < -0.3 is 10.1 Å². The summed E-state index contributed by atoms with van der Waals surface area (Å²) in [4.78, 5) is 25.6. The second-order valence-electron chi connectivity index (χ2n) is 9.23. The first-order chi connectivity index (χ1) is 15.0. The minimum atomic E-state index is -4.27. The lowest BCUT2D eigenvalue weighted by Crippen LogP contribution is -2.44. The van der Waals surface area contributed by atoms with Gasteiger partial charge >= 0.3 is 0 Å². The zero-order valence-electron chi connectivity index (χ0n) is 18.2. The first kappa shape index (κ1) is 22.1. The van der Waals surface area contributed by atoms with Crippen LogP contribution in [0.4, 0.5) is 5.69 Å². The molecule has 1 aliphatic carbocycles. The number of benzene rings is 2. The van der Waals surface area contributed by atoms with E-state index in [-0.39, 0.29) is 22.3 Å². The van der Waals surface area contributed by atoms with Crippen LogP contribution in [0.25, 0.3) is 0 Å². The number of ether oxygens (including phenoxy) is 1. The summed E-state index contributed by atoms with van der Waals surface area (Å²) >= 11 is 0. The molecule has 0 bridgehead atoms. The van der Waals surface area contributed by atoms with Gasteiger partial charge in [-0.2, -0.15) is 0 Å². The molecule has 1 fully saturated rings. The highest BCUT2D eigenvalue weighted by molar-refractivity contribution is 7.90. The molecule has 168 valence electrons. The lowest BCUT2D eigenvalue weighted by molar-refractivity contribution is -0.128. The fraction of sp³-hybridized carbons (Fsp3) is 0.333. The Hall–Kier alpha value is -3.13. The number of carbonyl (C=O) groups excluding carboxylic acids is 2. The maximum absolute atomic E-state index is 13.2. The predicted octanol–water partition coefficient (Wildman–Crippen LogP) is 3.80. The minimum absolute atomic E-state index is 0.0193. The van der Waals surface area contributed by atoms with E-state index in [1.807, 2.05) is 26.8 Å². The van der Waals surface area contributed by atoms with Crippen LogP contribution < -0.4 is 14.8 Å². The van der Waals surface area contributed by atoms with Crippen LogP contribution in [0.1, 0.15) is 38.9 Å². The number of rotatable bonds is 5. The van der Waals surface area contributed by atoms with Crippen molar-refractivity contribution in [2.45, 2.75) is 38.2 Å². The van der Waals surface area contributed by atoms with Crippen molar-refractivity contribution in [1.29, 1.82) is 0 Å². The molecule has 0 saturated heterocycles. The van der Waals surface area contributed by atoms with Gasteiger partial charge in [-0.3, -0.25) is 9.59 Å². The maximum Gasteiger partial charge on any atom is 0.270 e. The highest BCUT2D eigenvalue weighted by atomic mass is 32.2. The van der Waals surface area contributed by atoms with Gasteiger partial charge in [0.25, 0.3) is 15.9 Å². The third-order valence-corrected chi connectivity index (χ3v) is 7.75. The molecule has 2 amide bonds. The van der Waals surface area contributed by atoms with Crippen LogP contribution in [-0.4, -0.2) is 20.2 Å². The number of nitrogens with one attached hydrogen (secondary N) is 2. The molecule has 0 aromatic heterocycles. The highest BCUT2D eigenvalue weighted by Gasteiger charge is 2.65. The van der Waals surface area contributed by atoms with Gasteiger partial charge in [0.15, 0.2) is 0 Å². The van der Waals surface area contributed by atoms with Gasteiger partial charge in [-0.15, -0.1) is 6.58 Å². The van der Waals surface area contributed by atoms with Crippen LogP contribution in [0.3, 0.4) is 0 Å². The lowest BCUT2D eigenvalue weighted by atomic mass is 9.75. The van der Waals surface area contributed by atoms with E-state index < -0.39 is 38.8 Å². The van der Waals surface area contributed by atoms with Crippen LogP contribution in [0.5, 0.6) is 5.75 Å². The van der Waals surface area contributed by atoms with Crippen molar-refractivity contribution < 1.29 is 22.7 Å². The SMILES string of the molecule is C=C[C@@H]1C[C@@]1(C(=O)NS(=O)(=O)c1cccc2c1NC(=O)C(c1ccccc1)O2)C(C)(C)C. The predicted molar refractivity (Wildman–Crippen MR) is 120 cm³/mol. The number of amides is 2. The van der Waals surface area contributed by atoms with E-state index in [2.05, 4.69) is 16.6 Å². The summed E-state index contributed by atoms with van der Waals surface area (Å²) < 4.78 is 34.5. The Labute approximate surface area is 187 Å². The van der Waals surface area contributed by atoms with E-state index in [9.17, 15) is 18.0 Å². The van der Waals surface area contributed by atoms with Crippen molar-refractivity contribution in [1.82, 2.24) is 4.72 Å². The van der Waals surface area contributed by atoms with Crippen molar-refractivity contribution in [3.8, 4) is 5.75 Å². The Kier molecular flexibility index (Phi) is 5.16. The van der Waals surface area contributed by atoms with Gasteiger partial charge in [-0.25, -0.2) is 13.1 Å². The first-order valence-corrected chi connectivity index (χ1v) is 11.8. The topological polar surface area (TPSA) is 102 Å². The Morgan fingerprint density at radius 2 is 1.88 bits per heavy atom. The summed E-state index contributed by atoms with van der Waals surface area (Å²) in [5.41, 5.74) is -0.643. The fourth-order valence-corrected chi connectivity index (χ4v) is 5.69. The quantitative estimate of drug-likeness (QED) is 0.669. The summed E-state index contributed by atoms with van der Waals surface area (Å²) in [6.07, 6.45) is 1.33. The number of hydrogen-bond donors (Lipinski definition) is 2. The zero-order valence-corrected chi connectivity index (χ0v) is 19.0. The Morgan fingerprint density at radius 3 is 2.47 bits per heavy atom. The van der Waals surface area contributed by atoms with Crippen LogP contribution in [-0.2, 0) is 19.6 Å². The van der Waals surface area contributed by atoms with Crippen molar-refractivity contribution >= 4 is 27.5 Å². The van der Waals surface area contributed by atoms with Crippen molar-refractivity contribution in [3.05, 3.63) is 66.7 Å². The average Bonchev–Trinajstić information content (AvgIpc) is 3.50. The molecule has 0 spiro atoms. The molecule has 2 N–H and O–H groups in total. The third kappa shape index (κ3) is 3.48. The molecule has 3 atom stereocenters. The smallest absolute Gasteiger partial charge is 0.270 e. The summed E-state index contributed by atoms with van der Waals surface area (Å²) in [6.45, 7) is 9.50. The van der Waals surface area contributed by atoms with E-state index in [0.29, 0.717) is 12.0 Å². The summed E-state index contributed by atoms with van der Waals surface area (Å²) in [7, 11) is -4.27. The molecule has 2 aromatic rings. The zero-order chi connectivity index (χ0) is 23.3. The number of hydrogen-bond acceptors (Lipinski definition) is 5. The molecule has 32 heavy (non-hydrogen) atoms. The Bertz CT molecular complexity index is 1200. The van der Waals surface area contributed by atoms with Gasteiger partial charge in [-0.05, 0) is 29.9 Å². The normalized spacial score (nSPS) is 24.5. The van der Waals surface area contributed by atoms with Gasteiger partial charge in [0.05, 0.1) is 5.41 Å². The van der Waals surface area contributed by atoms with Crippen LogP contribution in [0, 0.1) is 16.7 Å². The van der Waals surface area contributed by atoms with E-state index in [1.165, 1.54) is 12.1 Å². The van der Waals surface area contributed by atoms with Gasteiger partial charge in [-0.1, -0.05) is 63.2 Å². The van der Waals surface area contributed by atoms with E-state index in [1.54, 1.807) is 36.4 Å². The molecular weight excluding hydrogens is 428 g/mol. The monoisotopic (exact) mass is 454 g/mol. The molecule has 2 aromatic carbocycles. The Balaban J connectivity index is 1.65. The van der Waals surface area contributed by atoms with E-state index in [0.717, 1.165) is 0 Å². The number of allylic oxidation sites excluding steroid dienone is 1. The summed E-state index contributed by atoms with van der Waals surface area (Å²) in [5, 5.41) is 2.65. The van der Waals surface area contributed by atoms with Gasteiger partial charge in [0.1, 0.15) is 16.3 Å². The molecule has 1 saturated carbocycles. The highest BCUT2D eigenvalue weighted by Crippen LogP contribution is 2.64. The van der Waals surface area contributed by atoms with Crippen LogP contribution >= 0.6 is 0 Å². The maximum atomic E-state index is 13.2. The van der Waals surface area contributed by atoms with Crippen LogP contribution in [0.15, 0.2) is 66.1 Å². The summed E-state index contributed by atoms with van der Waals surface area (Å²) in [5.74, 6) is -0.942. The molecular formula is C24H26N2O5S. The molecule has 0 radical (unpaired) electrons. The average molecular weight is 455 g/mol. The van der Waals surface area contributed by atoms with Crippen molar-refractivity contribution in [2.75, 3.05) is 5.32 Å². The molecule has 7 nitrogen and oxygen atoms in total. The fourth-order valence-electron chi connectivity index (χ4n) is 4.48. The second-order valence-corrected chi connectivity index (χ2v) is 10.9. The third-order valence-electron chi connectivity index (χ3n) is 6.38. The molecule has 8 heteroatoms. The molecule has 1 heterocycles. The largest absolute Gasteiger partial charge is 0.474 e. The molecule has 1 aliphatic heterocycles. The van der Waals surface area contributed by atoms with E-state index >= 15 is 0 Å². The van der Waals surface area contributed by atoms with Crippen molar-refractivity contribution in [2.24, 2.45) is 16.7 Å². The number of para-hydroxylation sites is 1. The number of sulfonamides is 1. The number of carbonyl (C=O) groups is 2. The van der Waals surface area contributed by atoms with Gasteiger partial charge in [0, 0.05) is 5.56 Å². The van der Waals surface area contributed by atoms with Crippen LogP contribution in [0.2, 0.25) is 0 Å². The van der Waals surface area contributed by atoms with Crippen molar-refractivity contribution in [3.63, 3.8) is 0 Å². The molecule has 2 aliphatic rings. The van der Waals surface area contributed by atoms with Gasteiger partial charge in [0.2, 0.25) is 12.0 Å². The Morgan fingerprint density at radius 1 is 1.19 bits per heavy atom. The number of fused-ring (bicyclic) bond motifs is 1. The summed E-state index contributed by atoms with van der Waals surface area (Å²) in [6, 6.07) is 13.3. The molecule has 1 unspecified atom stereocenters. The number of anilines is 1.